The summed E-state index contributed by atoms with van der Waals surface area (Å²) in [5.74, 6) is -0.535. The lowest BCUT2D eigenvalue weighted by atomic mass is 9.88. The van der Waals surface area contributed by atoms with Crippen molar-refractivity contribution in [1.82, 2.24) is 4.31 Å². The highest BCUT2D eigenvalue weighted by Crippen LogP contribution is 2.34. The number of hydrogen-bond donors (Lipinski definition) is 2. The van der Waals surface area contributed by atoms with Gasteiger partial charge in [0.1, 0.15) is 10.6 Å². The van der Waals surface area contributed by atoms with Crippen LogP contribution in [0.1, 0.15) is 26.7 Å². The number of hydrogen-bond acceptors (Lipinski definition) is 5. The normalized spacial score (nSPS) is 17.3. The Hall–Kier alpha value is -2.34. The molecule has 0 unspecified atom stereocenters. The Balaban J connectivity index is 1.63. The van der Waals surface area contributed by atoms with E-state index < -0.39 is 33.2 Å². The molecule has 0 aliphatic carbocycles. The molecule has 0 saturated carbocycles. The van der Waals surface area contributed by atoms with Crippen LogP contribution < -0.4 is 15.8 Å². The first-order valence-electron chi connectivity index (χ1n) is 10.4. The van der Waals surface area contributed by atoms with E-state index in [9.17, 15) is 26.4 Å². The van der Waals surface area contributed by atoms with Crippen LogP contribution >= 0.6 is 11.6 Å². The summed E-state index contributed by atoms with van der Waals surface area (Å²) >= 11 is 6.03. The predicted octanol–water partition coefficient (Wildman–Crippen LogP) is 4.18. The first-order chi connectivity index (χ1) is 15.7. The number of nitrogens with two attached hydrogens (primary N) is 1. The highest BCUT2D eigenvalue weighted by atomic mass is 35.5. The molecule has 0 atom stereocenters. The Bertz CT molecular complexity index is 1150. The molecule has 12 heteroatoms. The monoisotopic (exact) mass is 519 g/mol. The van der Waals surface area contributed by atoms with Crippen LogP contribution in [0.4, 0.5) is 18.9 Å². The molecule has 3 N–H and O–H groups in total. The maximum absolute atomic E-state index is 13.0. The number of rotatable bonds is 6. The van der Waals surface area contributed by atoms with E-state index in [1.54, 1.807) is 12.1 Å². The van der Waals surface area contributed by atoms with Gasteiger partial charge in [-0.2, -0.15) is 17.5 Å². The fourth-order valence-corrected chi connectivity index (χ4v) is 5.29. The fourth-order valence-electron chi connectivity index (χ4n) is 3.36. The van der Waals surface area contributed by atoms with Gasteiger partial charge < -0.3 is 15.8 Å². The minimum absolute atomic E-state index is 0.0124. The smallest absolute Gasteiger partial charge is 0.427 e. The second-order valence-electron chi connectivity index (χ2n) is 8.58. The molecule has 0 spiro atoms. The van der Waals surface area contributed by atoms with Gasteiger partial charge in [0.05, 0.1) is 10.6 Å². The number of nitrogens with one attached hydrogen (secondary N) is 1. The Morgan fingerprint density at radius 3 is 2.18 bits per heavy atom. The summed E-state index contributed by atoms with van der Waals surface area (Å²) < 4.78 is 71.0. The summed E-state index contributed by atoms with van der Waals surface area (Å²) in [5, 5.41) is 2.74. The molecule has 2 aromatic rings. The van der Waals surface area contributed by atoms with E-state index in [0.717, 1.165) is 13.8 Å². The Morgan fingerprint density at radius 1 is 1.09 bits per heavy atom. The number of carbonyl (C=O) groups is 1. The number of carbonyl (C=O) groups excluding carboxylic acids is 1. The van der Waals surface area contributed by atoms with E-state index in [2.05, 4.69) is 5.32 Å². The Labute approximate surface area is 201 Å². The molecule has 34 heavy (non-hydrogen) atoms. The van der Waals surface area contributed by atoms with Crippen LogP contribution in [0.15, 0.2) is 53.4 Å². The maximum Gasteiger partial charge on any atom is 0.427 e. The molecule has 186 valence electrons. The van der Waals surface area contributed by atoms with E-state index >= 15 is 0 Å². The van der Waals surface area contributed by atoms with E-state index in [1.807, 2.05) is 0 Å². The number of alkyl halides is 3. The molecule has 1 aliphatic rings. The number of halogens is 4. The number of ether oxygens (including phenoxy) is 1. The van der Waals surface area contributed by atoms with Crippen molar-refractivity contribution >= 4 is 33.2 Å². The number of nitrogens with zero attached hydrogens (tertiary/aromatic N) is 1. The molecular formula is C22H25ClF3N3O4S. The van der Waals surface area contributed by atoms with Crippen molar-refractivity contribution in [1.29, 1.82) is 0 Å². The van der Waals surface area contributed by atoms with Crippen molar-refractivity contribution in [2.24, 2.45) is 5.73 Å². The van der Waals surface area contributed by atoms with E-state index in [-0.39, 0.29) is 41.6 Å². The van der Waals surface area contributed by atoms with Gasteiger partial charge in [-0.3, -0.25) is 4.79 Å². The number of amides is 1. The van der Waals surface area contributed by atoms with Crippen LogP contribution in [0.2, 0.25) is 5.02 Å². The van der Waals surface area contributed by atoms with Gasteiger partial charge in [-0.1, -0.05) is 23.7 Å². The average Bonchev–Trinajstić information content (AvgIpc) is 2.74. The zero-order valence-corrected chi connectivity index (χ0v) is 20.1. The van der Waals surface area contributed by atoms with Gasteiger partial charge in [-0.15, -0.1) is 0 Å². The molecule has 0 bridgehead atoms. The van der Waals surface area contributed by atoms with E-state index in [0.29, 0.717) is 5.69 Å². The zero-order valence-electron chi connectivity index (χ0n) is 18.5. The summed E-state index contributed by atoms with van der Waals surface area (Å²) in [6.45, 7) is 1.88. The van der Waals surface area contributed by atoms with Gasteiger partial charge in [-0.25, -0.2) is 8.42 Å². The molecular weight excluding hydrogens is 495 g/mol. The van der Waals surface area contributed by atoms with Gasteiger partial charge in [0.2, 0.25) is 15.9 Å². The summed E-state index contributed by atoms with van der Waals surface area (Å²) in [6.07, 6.45) is -4.41. The van der Waals surface area contributed by atoms with E-state index in [4.69, 9.17) is 22.1 Å². The number of benzene rings is 2. The topological polar surface area (TPSA) is 102 Å². The summed E-state index contributed by atoms with van der Waals surface area (Å²) in [7, 11) is -3.84. The molecule has 7 nitrogen and oxygen atoms in total. The first kappa shape index (κ1) is 26.3. The molecule has 0 radical (unpaired) electrons. The van der Waals surface area contributed by atoms with Crippen LogP contribution in [0.5, 0.6) is 5.75 Å². The third-order valence-electron chi connectivity index (χ3n) is 5.69. The summed E-state index contributed by atoms with van der Waals surface area (Å²) in [6, 6.07) is 11.5. The van der Waals surface area contributed by atoms with Crippen LogP contribution in [0.25, 0.3) is 0 Å². The molecule has 0 aromatic heterocycles. The Kier molecular flexibility index (Phi) is 7.24. The fraction of sp³-hybridized carbons (Fsp3) is 0.409. The highest BCUT2D eigenvalue weighted by molar-refractivity contribution is 7.89. The molecule has 2 aromatic carbocycles. The molecule has 3 rings (SSSR count). The lowest BCUT2D eigenvalue weighted by molar-refractivity contribution is -0.234. The van der Waals surface area contributed by atoms with Crippen molar-refractivity contribution in [2.45, 2.75) is 48.9 Å². The largest absolute Gasteiger partial charge is 0.478 e. The van der Waals surface area contributed by atoms with Crippen LogP contribution in [0, 0.1) is 0 Å². The molecule has 1 fully saturated rings. The van der Waals surface area contributed by atoms with Crippen LogP contribution in [-0.2, 0) is 14.8 Å². The minimum Gasteiger partial charge on any atom is -0.478 e. The molecule has 1 aliphatic heterocycles. The van der Waals surface area contributed by atoms with Crippen molar-refractivity contribution in [3.8, 4) is 5.75 Å². The molecule has 1 heterocycles. The van der Waals surface area contributed by atoms with Crippen molar-refractivity contribution in [3.63, 3.8) is 0 Å². The maximum atomic E-state index is 13.0. The van der Waals surface area contributed by atoms with Gasteiger partial charge in [-0.05, 0) is 63.1 Å². The standard InChI is InChI=1S/C22H25ClF3N3O4S/c1-20(2,22(24,25)26)33-16-9-7-15(8-10-16)28-19(30)21(27)11-13-29(14-12-21)34(31,32)18-6-4-3-5-17(18)23/h3-10H,11-14,27H2,1-2H3,(H,28,30). The number of piperidine rings is 1. The number of sulfonamides is 1. The second kappa shape index (κ2) is 9.37. The lowest BCUT2D eigenvalue weighted by Crippen LogP contribution is -2.58. The Morgan fingerprint density at radius 2 is 1.65 bits per heavy atom. The van der Waals surface area contributed by atoms with Gasteiger partial charge in [0, 0.05) is 18.8 Å². The van der Waals surface area contributed by atoms with Gasteiger partial charge in [0.25, 0.3) is 0 Å². The van der Waals surface area contributed by atoms with Gasteiger partial charge in [0.15, 0.2) is 5.60 Å². The predicted molar refractivity (Wildman–Crippen MR) is 122 cm³/mol. The first-order valence-corrected chi connectivity index (χ1v) is 12.2. The molecule has 1 saturated heterocycles. The van der Waals surface area contributed by atoms with Crippen molar-refractivity contribution in [2.75, 3.05) is 18.4 Å². The summed E-state index contributed by atoms with van der Waals surface area (Å²) in [4.78, 5) is 12.8. The minimum atomic E-state index is -4.56. The average molecular weight is 520 g/mol. The molecule has 1 amide bonds. The quantitative estimate of drug-likeness (QED) is 0.596. The van der Waals surface area contributed by atoms with Crippen LogP contribution in [-0.4, -0.2) is 49.0 Å². The van der Waals surface area contributed by atoms with Crippen molar-refractivity contribution < 1.29 is 31.1 Å². The summed E-state index contributed by atoms with van der Waals surface area (Å²) in [5.41, 5.74) is 2.90. The van der Waals surface area contributed by atoms with E-state index in [1.165, 1.54) is 40.7 Å². The highest BCUT2D eigenvalue weighted by Gasteiger charge is 2.49. The second-order valence-corrected chi connectivity index (χ2v) is 10.9. The van der Waals surface area contributed by atoms with Crippen molar-refractivity contribution in [3.05, 3.63) is 53.6 Å². The zero-order chi connectivity index (χ0) is 25.4. The van der Waals surface area contributed by atoms with Gasteiger partial charge >= 0.3 is 6.18 Å². The van der Waals surface area contributed by atoms with Crippen LogP contribution in [0.3, 0.4) is 0 Å². The third kappa shape index (κ3) is 5.48. The number of anilines is 1. The SMILES string of the molecule is CC(C)(Oc1ccc(NC(=O)C2(N)CCN(S(=O)(=O)c3ccccc3Cl)CC2)cc1)C(F)(F)F. The third-order valence-corrected chi connectivity index (χ3v) is 8.09. The lowest BCUT2D eigenvalue weighted by Gasteiger charge is -2.37.